The van der Waals surface area contributed by atoms with Gasteiger partial charge in [0, 0.05) is 9.61 Å². The Hall–Kier alpha value is -0.350. The predicted octanol–water partition coefficient (Wildman–Crippen LogP) is 3.04. The second kappa shape index (κ2) is 4.77. The summed E-state index contributed by atoms with van der Waals surface area (Å²) in [6.45, 7) is 5.84. The van der Waals surface area contributed by atoms with Crippen molar-refractivity contribution in [1.29, 1.82) is 0 Å². The van der Waals surface area contributed by atoms with Gasteiger partial charge in [0.25, 0.3) is 0 Å². The standard InChI is InChI=1S/C11H14IN/c1-3-8-7-9(11(13)4-2)5-6-10(8)12/h4-7,11H,2-3,13H2,1H3/t11-/m1/s1. The fourth-order valence-corrected chi connectivity index (χ4v) is 1.93. The SMILES string of the molecule is C=C[C@@H](N)c1ccc(I)c(CC)c1. The average Bonchev–Trinajstić information content (AvgIpc) is 2.17. The van der Waals surface area contributed by atoms with Crippen LogP contribution in [0.5, 0.6) is 0 Å². The van der Waals surface area contributed by atoms with Crippen LogP contribution >= 0.6 is 22.6 Å². The third-order valence-corrected chi connectivity index (χ3v) is 3.14. The fraction of sp³-hybridized carbons (Fsp3) is 0.273. The molecule has 0 aliphatic rings. The minimum atomic E-state index is -0.0395. The molecule has 1 aromatic carbocycles. The van der Waals surface area contributed by atoms with Gasteiger partial charge < -0.3 is 5.73 Å². The molecule has 1 nitrogen and oxygen atoms in total. The van der Waals surface area contributed by atoms with Crippen LogP contribution in [-0.4, -0.2) is 0 Å². The summed E-state index contributed by atoms with van der Waals surface area (Å²) in [5, 5.41) is 0. The molecular formula is C11H14IN. The maximum absolute atomic E-state index is 5.85. The number of hydrogen-bond acceptors (Lipinski definition) is 1. The van der Waals surface area contributed by atoms with Crippen molar-refractivity contribution in [2.45, 2.75) is 19.4 Å². The lowest BCUT2D eigenvalue weighted by molar-refractivity contribution is 0.907. The molecule has 0 fully saturated rings. The molecule has 1 atom stereocenters. The first-order valence-electron chi connectivity index (χ1n) is 4.35. The number of aryl methyl sites for hydroxylation is 1. The van der Waals surface area contributed by atoms with Crippen LogP contribution in [0, 0.1) is 3.57 Å². The highest BCUT2D eigenvalue weighted by Gasteiger charge is 2.03. The van der Waals surface area contributed by atoms with Crippen LogP contribution in [0.15, 0.2) is 30.9 Å². The lowest BCUT2D eigenvalue weighted by Crippen LogP contribution is -2.07. The van der Waals surface area contributed by atoms with E-state index >= 15 is 0 Å². The van der Waals surface area contributed by atoms with E-state index in [4.69, 9.17) is 5.73 Å². The van der Waals surface area contributed by atoms with Gasteiger partial charge in [-0.05, 0) is 46.2 Å². The summed E-state index contributed by atoms with van der Waals surface area (Å²) in [6.07, 6.45) is 2.82. The molecule has 70 valence electrons. The lowest BCUT2D eigenvalue weighted by Gasteiger charge is -2.09. The van der Waals surface area contributed by atoms with Crippen molar-refractivity contribution >= 4 is 22.6 Å². The summed E-state index contributed by atoms with van der Waals surface area (Å²) >= 11 is 2.35. The molecule has 2 N–H and O–H groups in total. The molecule has 0 saturated heterocycles. The highest BCUT2D eigenvalue weighted by Crippen LogP contribution is 2.19. The molecule has 2 heteroatoms. The van der Waals surface area contributed by atoms with Gasteiger partial charge in [-0.2, -0.15) is 0 Å². The smallest absolute Gasteiger partial charge is 0.0478 e. The van der Waals surface area contributed by atoms with E-state index in [0.717, 1.165) is 12.0 Å². The first kappa shape index (κ1) is 10.7. The van der Waals surface area contributed by atoms with Crippen molar-refractivity contribution in [2.75, 3.05) is 0 Å². The molecule has 1 rings (SSSR count). The highest BCUT2D eigenvalue weighted by atomic mass is 127. The first-order chi connectivity index (χ1) is 6.19. The van der Waals surface area contributed by atoms with E-state index in [1.165, 1.54) is 9.13 Å². The number of nitrogens with two attached hydrogens (primary N) is 1. The fourth-order valence-electron chi connectivity index (χ4n) is 1.21. The van der Waals surface area contributed by atoms with Gasteiger partial charge in [0.15, 0.2) is 0 Å². The Labute approximate surface area is 93.2 Å². The first-order valence-corrected chi connectivity index (χ1v) is 5.43. The van der Waals surface area contributed by atoms with Gasteiger partial charge in [-0.1, -0.05) is 25.1 Å². The van der Waals surface area contributed by atoms with E-state index in [0.29, 0.717) is 0 Å². The summed E-state index contributed by atoms with van der Waals surface area (Å²) in [5.74, 6) is 0. The molecule has 0 aliphatic heterocycles. The molecule has 0 amide bonds. The molecule has 0 saturated carbocycles. The van der Waals surface area contributed by atoms with Crippen molar-refractivity contribution in [3.8, 4) is 0 Å². The minimum absolute atomic E-state index is 0.0395. The monoisotopic (exact) mass is 287 g/mol. The third kappa shape index (κ3) is 2.54. The van der Waals surface area contributed by atoms with Crippen molar-refractivity contribution < 1.29 is 0 Å². The Morgan fingerprint density at radius 1 is 1.62 bits per heavy atom. The van der Waals surface area contributed by atoms with Gasteiger partial charge in [0.2, 0.25) is 0 Å². The van der Waals surface area contributed by atoms with Crippen LogP contribution in [0.4, 0.5) is 0 Å². The van der Waals surface area contributed by atoms with E-state index in [2.05, 4.69) is 54.3 Å². The summed E-state index contributed by atoms with van der Waals surface area (Å²) in [7, 11) is 0. The van der Waals surface area contributed by atoms with E-state index in [1.807, 2.05) is 0 Å². The van der Waals surface area contributed by atoms with Gasteiger partial charge in [-0.15, -0.1) is 6.58 Å². The predicted molar refractivity (Wildman–Crippen MR) is 65.7 cm³/mol. The molecule has 0 spiro atoms. The second-order valence-corrected chi connectivity index (χ2v) is 4.13. The molecule has 13 heavy (non-hydrogen) atoms. The molecule has 0 heterocycles. The van der Waals surface area contributed by atoms with Crippen LogP contribution < -0.4 is 5.73 Å². The van der Waals surface area contributed by atoms with Gasteiger partial charge in [-0.25, -0.2) is 0 Å². The largest absolute Gasteiger partial charge is 0.321 e. The molecule has 0 aliphatic carbocycles. The summed E-state index contributed by atoms with van der Waals surface area (Å²) in [4.78, 5) is 0. The molecular weight excluding hydrogens is 273 g/mol. The maximum Gasteiger partial charge on any atom is 0.0478 e. The minimum Gasteiger partial charge on any atom is -0.321 e. The number of rotatable bonds is 3. The van der Waals surface area contributed by atoms with Crippen LogP contribution in [0.2, 0.25) is 0 Å². The Morgan fingerprint density at radius 2 is 2.31 bits per heavy atom. The van der Waals surface area contributed by atoms with Crippen molar-refractivity contribution in [3.05, 3.63) is 45.6 Å². The van der Waals surface area contributed by atoms with Crippen LogP contribution in [0.25, 0.3) is 0 Å². The van der Waals surface area contributed by atoms with E-state index < -0.39 is 0 Å². The van der Waals surface area contributed by atoms with Gasteiger partial charge >= 0.3 is 0 Å². The topological polar surface area (TPSA) is 26.0 Å². The number of benzene rings is 1. The third-order valence-electron chi connectivity index (χ3n) is 2.09. The van der Waals surface area contributed by atoms with Crippen LogP contribution in [-0.2, 0) is 6.42 Å². The average molecular weight is 287 g/mol. The molecule has 0 aromatic heterocycles. The number of halogens is 1. The highest BCUT2D eigenvalue weighted by molar-refractivity contribution is 14.1. The van der Waals surface area contributed by atoms with Crippen molar-refractivity contribution in [3.63, 3.8) is 0 Å². The Morgan fingerprint density at radius 3 is 2.85 bits per heavy atom. The molecule has 0 radical (unpaired) electrons. The van der Waals surface area contributed by atoms with Crippen LogP contribution in [0.3, 0.4) is 0 Å². The second-order valence-electron chi connectivity index (χ2n) is 2.97. The zero-order valence-electron chi connectivity index (χ0n) is 7.76. The zero-order chi connectivity index (χ0) is 9.84. The molecule has 1 aromatic rings. The van der Waals surface area contributed by atoms with Gasteiger partial charge in [-0.3, -0.25) is 0 Å². The molecule has 0 unspecified atom stereocenters. The lowest BCUT2D eigenvalue weighted by atomic mass is 10.0. The van der Waals surface area contributed by atoms with Crippen molar-refractivity contribution in [2.24, 2.45) is 5.73 Å². The van der Waals surface area contributed by atoms with E-state index in [-0.39, 0.29) is 6.04 Å². The Balaban J connectivity index is 3.05. The van der Waals surface area contributed by atoms with Crippen LogP contribution in [0.1, 0.15) is 24.1 Å². The van der Waals surface area contributed by atoms with Crippen molar-refractivity contribution in [1.82, 2.24) is 0 Å². The van der Waals surface area contributed by atoms with E-state index in [9.17, 15) is 0 Å². The summed E-state index contributed by atoms with van der Waals surface area (Å²) in [6, 6.07) is 6.29. The maximum atomic E-state index is 5.85. The van der Waals surface area contributed by atoms with E-state index in [1.54, 1.807) is 6.08 Å². The normalized spacial score (nSPS) is 12.5. The molecule has 0 bridgehead atoms. The van der Waals surface area contributed by atoms with Gasteiger partial charge in [0.05, 0.1) is 0 Å². The zero-order valence-corrected chi connectivity index (χ0v) is 9.91. The number of hydrogen-bond donors (Lipinski definition) is 1. The summed E-state index contributed by atoms with van der Waals surface area (Å²) in [5.41, 5.74) is 8.35. The Bertz CT molecular complexity index is 307. The Kier molecular flexibility index (Phi) is 3.93. The van der Waals surface area contributed by atoms with Gasteiger partial charge in [0.1, 0.15) is 0 Å². The quantitative estimate of drug-likeness (QED) is 0.671. The summed E-state index contributed by atoms with van der Waals surface area (Å²) < 4.78 is 1.31.